The minimum atomic E-state index is -3.29. The van der Waals surface area contributed by atoms with Gasteiger partial charge in [0.25, 0.3) is 5.89 Å². The lowest BCUT2D eigenvalue weighted by molar-refractivity contribution is -0.0359. The zero-order valence-corrected chi connectivity index (χ0v) is 27.5. The summed E-state index contributed by atoms with van der Waals surface area (Å²) in [5.74, 6) is 2.03. The molecule has 0 saturated carbocycles. The van der Waals surface area contributed by atoms with Gasteiger partial charge in [0.05, 0.1) is 36.8 Å². The Morgan fingerprint density at radius 2 is 1.72 bits per heavy atom. The first-order valence-corrected chi connectivity index (χ1v) is 16.9. The number of piperidine rings is 1. The molecule has 1 aliphatic rings. The lowest BCUT2D eigenvalue weighted by Gasteiger charge is -2.39. The predicted octanol–water partition coefficient (Wildman–Crippen LogP) is 6.04. The zero-order valence-electron chi connectivity index (χ0n) is 26.6. The molecule has 1 aliphatic heterocycles. The molecule has 0 N–H and O–H groups in total. The summed E-state index contributed by atoms with van der Waals surface area (Å²) in [7, 11) is -1.70. The van der Waals surface area contributed by atoms with E-state index in [1.165, 1.54) is 6.26 Å². The maximum atomic E-state index is 12.9. The summed E-state index contributed by atoms with van der Waals surface area (Å²) >= 11 is 0. The highest BCUT2D eigenvalue weighted by Crippen LogP contribution is 2.33. The Kier molecular flexibility index (Phi) is 9.97. The van der Waals surface area contributed by atoms with E-state index in [2.05, 4.69) is 10.1 Å². The van der Waals surface area contributed by atoms with Crippen molar-refractivity contribution < 1.29 is 36.7 Å². The molecule has 12 heteroatoms. The first kappa shape index (κ1) is 33.0. The highest BCUT2D eigenvalue weighted by Gasteiger charge is 2.35. The van der Waals surface area contributed by atoms with Crippen molar-refractivity contribution in [3.63, 3.8) is 0 Å². The maximum absolute atomic E-state index is 12.9. The molecule has 2 unspecified atom stereocenters. The third kappa shape index (κ3) is 8.43. The SMILES string of the molecule is COc1ccccc1-c1noc(COc2ccc(C3CCN(C(=O)OC(C)(C)C)CC3OCc3ccc(S(C)(=O)=O)cc3)cc2)n1. The summed E-state index contributed by atoms with van der Waals surface area (Å²) in [5.41, 5.74) is 1.99. The second-order valence-corrected chi connectivity index (χ2v) is 14.2. The molecule has 2 atom stereocenters. The second-order valence-electron chi connectivity index (χ2n) is 12.2. The summed E-state index contributed by atoms with van der Waals surface area (Å²) in [6.07, 6.45) is 1.15. The fraction of sp³-hybridized carbons (Fsp3) is 0.382. The van der Waals surface area contributed by atoms with Crippen LogP contribution in [0.5, 0.6) is 11.5 Å². The summed E-state index contributed by atoms with van der Waals surface area (Å²) < 4.78 is 52.4. The summed E-state index contributed by atoms with van der Waals surface area (Å²) in [4.78, 5) is 19.3. The number of hydrogen-bond acceptors (Lipinski definition) is 10. The summed E-state index contributed by atoms with van der Waals surface area (Å²) in [5, 5.41) is 4.06. The Bertz CT molecular complexity index is 1730. The maximum Gasteiger partial charge on any atom is 0.410 e. The number of likely N-dealkylation sites (tertiary alicyclic amines) is 1. The van der Waals surface area contributed by atoms with E-state index in [1.54, 1.807) is 36.3 Å². The van der Waals surface area contributed by atoms with Gasteiger partial charge < -0.3 is 28.4 Å². The Hall–Kier alpha value is -4.42. The molecule has 3 aromatic carbocycles. The minimum Gasteiger partial charge on any atom is -0.496 e. The minimum absolute atomic E-state index is 0.00220. The number of para-hydroxylation sites is 1. The van der Waals surface area contributed by atoms with Crippen LogP contribution in [-0.2, 0) is 32.5 Å². The van der Waals surface area contributed by atoms with E-state index in [0.29, 0.717) is 42.7 Å². The van der Waals surface area contributed by atoms with Crippen LogP contribution in [0.3, 0.4) is 0 Å². The average Bonchev–Trinajstić information content (AvgIpc) is 3.51. The molecule has 46 heavy (non-hydrogen) atoms. The van der Waals surface area contributed by atoms with E-state index >= 15 is 0 Å². The van der Waals surface area contributed by atoms with Crippen molar-refractivity contribution in [3.05, 3.63) is 89.8 Å². The predicted molar refractivity (Wildman–Crippen MR) is 170 cm³/mol. The zero-order chi connectivity index (χ0) is 32.9. The Labute approximate surface area is 269 Å². The number of nitrogens with zero attached hydrogens (tertiary/aromatic N) is 3. The second kappa shape index (κ2) is 13.9. The van der Waals surface area contributed by atoms with Gasteiger partial charge >= 0.3 is 6.09 Å². The molecular weight excluding hydrogens is 610 g/mol. The first-order chi connectivity index (χ1) is 21.9. The smallest absolute Gasteiger partial charge is 0.410 e. The molecule has 0 aliphatic carbocycles. The lowest BCUT2D eigenvalue weighted by Crippen LogP contribution is -2.48. The van der Waals surface area contributed by atoms with Gasteiger partial charge in [-0.1, -0.05) is 41.6 Å². The molecular formula is C34H39N3O8S. The molecule has 5 rings (SSSR count). The van der Waals surface area contributed by atoms with E-state index in [4.69, 9.17) is 23.5 Å². The van der Waals surface area contributed by atoms with E-state index in [-0.39, 0.29) is 36.2 Å². The molecule has 1 aromatic heterocycles. The van der Waals surface area contributed by atoms with Crippen LogP contribution in [0.4, 0.5) is 4.79 Å². The van der Waals surface area contributed by atoms with Crippen LogP contribution in [0, 0.1) is 0 Å². The fourth-order valence-electron chi connectivity index (χ4n) is 5.20. The summed E-state index contributed by atoms with van der Waals surface area (Å²) in [6, 6.07) is 21.8. The van der Waals surface area contributed by atoms with Crippen LogP contribution in [0.15, 0.2) is 82.2 Å². The van der Waals surface area contributed by atoms with Crippen LogP contribution >= 0.6 is 0 Å². The van der Waals surface area contributed by atoms with Gasteiger partial charge in [0.15, 0.2) is 16.4 Å². The van der Waals surface area contributed by atoms with Gasteiger partial charge in [-0.15, -0.1) is 0 Å². The molecule has 244 valence electrons. The van der Waals surface area contributed by atoms with Crippen LogP contribution in [0.25, 0.3) is 11.4 Å². The Morgan fingerprint density at radius 1 is 1.00 bits per heavy atom. The van der Waals surface area contributed by atoms with Crippen LogP contribution in [0.1, 0.15) is 50.1 Å². The van der Waals surface area contributed by atoms with Crippen molar-refractivity contribution >= 4 is 15.9 Å². The molecule has 0 spiro atoms. The number of sulfone groups is 1. The molecule has 2 heterocycles. The highest BCUT2D eigenvalue weighted by atomic mass is 32.2. The number of hydrogen-bond donors (Lipinski definition) is 0. The quantitative estimate of drug-likeness (QED) is 0.201. The van der Waals surface area contributed by atoms with Crippen molar-refractivity contribution in [1.29, 1.82) is 0 Å². The van der Waals surface area contributed by atoms with Crippen molar-refractivity contribution in [3.8, 4) is 22.9 Å². The number of benzene rings is 3. The Balaban J connectivity index is 1.25. The molecule has 0 radical (unpaired) electrons. The van der Waals surface area contributed by atoms with Gasteiger partial charge in [0.2, 0.25) is 5.82 Å². The summed E-state index contributed by atoms with van der Waals surface area (Å²) in [6.45, 7) is 6.75. The number of ether oxygens (including phenoxy) is 4. The number of methoxy groups -OCH3 is 1. The monoisotopic (exact) mass is 649 g/mol. The standard InChI is InChI=1S/C34H39N3O8S/c1-34(2,3)44-33(38)37-19-18-27(30(20-37)43-21-23-10-16-26(17-11-23)46(5,39)40)24-12-14-25(15-13-24)42-22-31-35-32(36-45-31)28-8-6-7-9-29(28)41-4/h6-17,27,30H,18-22H2,1-5H3. The van der Waals surface area contributed by atoms with Gasteiger partial charge in [-0.3, -0.25) is 0 Å². The molecule has 1 fully saturated rings. The number of aromatic nitrogens is 2. The van der Waals surface area contributed by atoms with E-state index in [1.807, 2.05) is 69.3 Å². The van der Waals surface area contributed by atoms with Crippen LogP contribution in [-0.4, -0.2) is 67.7 Å². The first-order valence-electron chi connectivity index (χ1n) is 15.0. The highest BCUT2D eigenvalue weighted by molar-refractivity contribution is 7.90. The van der Waals surface area contributed by atoms with Crippen molar-refractivity contribution in [1.82, 2.24) is 15.0 Å². The fourth-order valence-corrected chi connectivity index (χ4v) is 5.83. The van der Waals surface area contributed by atoms with Crippen molar-refractivity contribution in [2.75, 3.05) is 26.5 Å². The topological polar surface area (TPSA) is 130 Å². The largest absolute Gasteiger partial charge is 0.496 e. The van der Waals surface area contributed by atoms with Gasteiger partial charge in [0, 0.05) is 18.7 Å². The molecule has 1 amide bonds. The van der Waals surface area contributed by atoms with Crippen LogP contribution in [0.2, 0.25) is 0 Å². The number of carbonyl (C=O) groups is 1. The Morgan fingerprint density at radius 3 is 2.39 bits per heavy atom. The molecule has 1 saturated heterocycles. The third-order valence-corrected chi connectivity index (χ3v) is 8.64. The molecule has 11 nitrogen and oxygen atoms in total. The van der Waals surface area contributed by atoms with E-state index < -0.39 is 15.4 Å². The van der Waals surface area contributed by atoms with Gasteiger partial charge in [-0.05, 0) is 74.7 Å². The lowest BCUT2D eigenvalue weighted by atomic mass is 9.87. The molecule has 4 aromatic rings. The third-order valence-electron chi connectivity index (χ3n) is 7.51. The van der Waals surface area contributed by atoms with E-state index in [0.717, 1.165) is 16.7 Å². The van der Waals surface area contributed by atoms with Crippen LogP contribution < -0.4 is 9.47 Å². The number of carbonyl (C=O) groups excluding carboxylic acids is 1. The van der Waals surface area contributed by atoms with Gasteiger partial charge in [-0.2, -0.15) is 4.98 Å². The normalized spacial score (nSPS) is 17.0. The molecule has 0 bridgehead atoms. The van der Waals surface area contributed by atoms with Gasteiger partial charge in [-0.25, -0.2) is 13.2 Å². The van der Waals surface area contributed by atoms with Gasteiger partial charge in [0.1, 0.15) is 17.1 Å². The number of amides is 1. The van der Waals surface area contributed by atoms with Crippen molar-refractivity contribution in [2.24, 2.45) is 0 Å². The number of rotatable bonds is 10. The van der Waals surface area contributed by atoms with Crippen molar-refractivity contribution in [2.45, 2.75) is 62.9 Å². The van der Waals surface area contributed by atoms with E-state index in [9.17, 15) is 13.2 Å². The average molecular weight is 650 g/mol.